The van der Waals surface area contributed by atoms with Gasteiger partial charge in [-0.2, -0.15) is 0 Å². The molecule has 0 bridgehead atoms. The lowest BCUT2D eigenvalue weighted by atomic mass is 10.1. The number of benzene rings is 1. The summed E-state index contributed by atoms with van der Waals surface area (Å²) < 4.78 is 0. The van der Waals surface area contributed by atoms with Crippen LogP contribution in [0.15, 0.2) is 30.5 Å². The Bertz CT molecular complexity index is 497. The molecular weight excluding hydrogens is 182 g/mol. The second kappa shape index (κ2) is 3.08. The molecule has 0 amide bonds. The fourth-order valence-corrected chi connectivity index (χ4v) is 1.44. The predicted molar refractivity (Wildman–Crippen MR) is 54.7 cm³/mol. The number of halogens is 1. The highest BCUT2D eigenvalue weighted by Gasteiger charge is 1.99. The second-order valence-corrected chi connectivity index (χ2v) is 3.04. The van der Waals surface area contributed by atoms with Crippen LogP contribution in [-0.2, 0) is 0 Å². The van der Waals surface area contributed by atoms with Crippen molar-refractivity contribution in [3.8, 4) is 12.3 Å². The lowest BCUT2D eigenvalue weighted by Gasteiger charge is -1.99. The summed E-state index contributed by atoms with van der Waals surface area (Å²) in [7, 11) is 0. The molecule has 1 aromatic carbocycles. The van der Waals surface area contributed by atoms with E-state index < -0.39 is 0 Å². The van der Waals surface area contributed by atoms with E-state index in [1.807, 2.05) is 24.3 Å². The van der Waals surface area contributed by atoms with E-state index in [0.29, 0.717) is 5.15 Å². The number of rotatable bonds is 0. The van der Waals surface area contributed by atoms with Crippen LogP contribution in [0.5, 0.6) is 0 Å². The van der Waals surface area contributed by atoms with Crippen LogP contribution < -0.4 is 0 Å². The Kier molecular flexibility index (Phi) is 1.92. The molecule has 1 heterocycles. The quantitative estimate of drug-likeness (QED) is 0.457. The molecule has 0 saturated carbocycles. The van der Waals surface area contributed by atoms with Gasteiger partial charge in [-0.05, 0) is 23.6 Å². The number of fused-ring (bicyclic) bond motifs is 1. The first-order valence-corrected chi connectivity index (χ1v) is 4.20. The molecule has 0 fully saturated rings. The van der Waals surface area contributed by atoms with Crippen LogP contribution in [0, 0.1) is 12.3 Å². The van der Waals surface area contributed by atoms with Crippen molar-refractivity contribution < 1.29 is 0 Å². The van der Waals surface area contributed by atoms with Crippen LogP contribution in [-0.4, -0.2) is 4.98 Å². The maximum Gasteiger partial charge on any atom is 0.136 e. The molecule has 2 heteroatoms. The van der Waals surface area contributed by atoms with E-state index in [1.54, 1.807) is 6.20 Å². The zero-order valence-electron chi connectivity index (χ0n) is 6.79. The number of nitrogens with zero attached hydrogens (tertiary/aromatic N) is 1. The molecule has 0 unspecified atom stereocenters. The molecule has 1 aromatic heterocycles. The van der Waals surface area contributed by atoms with Crippen molar-refractivity contribution in [2.45, 2.75) is 0 Å². The van der Waals surface area contributed by atoms with E-state index in [-0.39, 0.29) is 0 Å². The third-order valence-electron chi connectivity index (χ3n) is 1.88. The summed E-state index contributed by atoms with van der Waals surface area (Å²) in [6.07, 6.45) is 6.96. The largest absolute Gasteiger partial charge is 0.244 e. The fraction of sp³-hybridized carbons (Fsp3) is 0. The minimum Gasteiger partial charge on any atom is -0.244 e. The Morgan fingerprint density at radius 3 is 2.92 bits per heavy atom. The van der Waals surface area contributed by atoms with Crippen molar-refractivity contribution in [2.75, 3.05) is 0 Å². The molecule has 2 rings (SSSR count). The minimum absolute atomic E-state index is 0.495. The normalized spacial score (nSPS) is 9.85. The third-order valence-corrected chi connectivity index (χ3v) is 2.19. The van der Waals surface area contributed by atoms with Crippen molar-refractivity contribution in [3.63, 3.8) is 0 Å². The Balaban J connectivity index is 2.84. The first-order valence-electron chi connectivity index (χ1n) is 3.82. The van der Waals surface area contributed by atoms with Gasteiger partial charge in [-0.1, -0.05) is 23.6 Å². The van der Waals surface area contributed by atoms with Crippen LogP contribution in [0.3, 0.4) is 0 Å². The Hall–Kier alpha value is -1.52. The zero-order valence-corrected chi connectivity index (χ0v) is 7.55. The summed E-state index contributed by atoms with van der Waals surface area (Å²) in [6, 6.07) is 7.60. The van der Waals surface area contributed by atoms with Crippen molar-refractivity contribution >= 4 is 22.4 Å². The average molecular weight is 188 g/mol. The van der Waals surface area contributed by atoms with Gasteiger partial charge in [0.1, 0.15) is 5.15 Å². The predicted octanol–water partition coefficient (Wildman–Crippen LogP) is 2.87. The topological polar surface area (TPSA) is 12.9 Å². The van der Waals surface area contributed by atoms with Crippen LogP contribution >= 0.6 is 11.6 Å². The van der Waals surface area contributed by atoms with E-state index in [2.05, 4.69) is 10.9 Å². The fourth-order valence-electron chi connectivity index (χ4n) is 1.22. The molecule has 0 saturated heterocycles. The second-order valence-electron chi connectivity index (χ2n) is 2.68. The Morgan fingerprint density at radius 1 is 1.31 bits per heavy atom. The van der Waals surface area contributed by atoms with Crippen molar-refractivity contribution in [3.05, 3.63) is 41.2 Å². The van der Waals surface area contributed by atoms with Gasteiger partial charge < -0.3 is 0 Å². The molecule has 0 aliphatic heterocycles. The minimum atomic E-state index is 0.495. The van der Waals surface area contributed by atoms with Crippen molar-refractivity contribution in [2.24, 2.45) is 0 Å². The molecular formula is C11H6ClN. The molecule has 0 spiro atoms. The van der Waals surface area contributed by atoms with E-state index in [9.17, 15) is 0 Å². The molecule has 0 radical (unpaired) electrons. The van der Waals surface area contributed by atoms with Gasteiger partial charge in [0, 0.05) is 17.1 Å². The van der Waals surface area contributed by atoms with Crippen LogP contribution in [0.2, 0.25) is 5.15 Å². The maximum atomic E-state index is 5.91. The van der Waals surface area contributed by atoms with E-state index in [1.165, 1.54) is 0 Å². The lowest BCUT2D eigenvalue weighted by molar-refractivity contribution is 1.36. The van der Waals surface area contributed by atoms with Gasteiger partial charge in [0.15, 0.2) is 0 Å². The maximum absolute atomic E-state index is 5.91. The molecule has 1 nitrogen and oxygen atoms in total. The van der Waals surface area contributed by atoms with Gasteiger partial charge in [0.2, 0.25) is 0 Å². The molecule has 2 aromatic rings. The van der Waals surface area contributed by atoms with E-state index in [4.69, 9.17) is 18.0 Å². The number of aromatic nitrogens is 1. The van der Waals surface area contributed by atoms with E-state index in [0.717, 1.165) is 16.3 Å². The van der Waals surface area contributed by atoms with Gasteiger partial charge in [-0.25, -0.2) is 4.98 Å². The van der Waals surface area contributed by atoms with Crippen LogP contribution in [0.4, 0.5) is 0 Å². The third kappa shape index (κ3) is 1.37. The van der Waals surface area contributed by atoms with E-state index >= 15 is 0 Å². The van der Waals surface area contributed by atoms with Gasteiger partial charge in [-0.3, -0.25) is 0 Å². The molecule has 0 atom stereocenters. The molecule has 13 heavy (non-hydrogen) atoms. The summed E-state index contributed by atoms with van der Waals surface area (Å²) in [5, 5.41) is 2.45. The van der Waals surface area contributed by atoms with Crippen molar-refractivity contribution in [1.82, 2.24) is 4.98 Å². The molecule has 0 aliphatic carbocycles. The summed E-state index contributed by atoms with van der Waals surface area (Å²) in [4.78, 5) is 3.98. The number of terminal acetylenes is 1. The highest BCUT2D eigenvalue weighted by atomic mass is 35.5. The molecule has 0 aliphatic rings. The van der Waals surface area contributed by atoms with Gasteiger partial charge >= 0.3 is 0 Å². The number of pyridine rings is 1. The Morgan fingerprint density at radius 2 is 2.15 bits per heavy atom. The van der Waals surface area contributed by atoms with Gasteiger partial charge in [0.05, 0.1) is 0 Å². The summed E-state index contributed by atoms with van der Waals surface area (Å²) in [5.74, 6) is 2.56. The van der Waals surface area contributed by atoms with Gasteiger partial charge in [-0.15, -0.1) is 6.42 Å². The molecule has 62 valence electrons. The summed E-state index contributed by atoms with van der Waals surface area (Å²) in [6.45, 7) is 0. The van der Waals surface area contributed by atoms with Crippen LogP contribution in [0.1, 0.15) is 5.56 Å². The molecule has 0 N–H and O–H groups in total. The average Bonchev–Trinajstić information content (AvgIpc) is 2.18. The van der Waals surface area contributed by atoms with Gasteiger partial charge in [0.25, 0.3) is 0 Å². The number of hydrogen-bond donors (Lipinski definition) is 0. The van der Waals surface area contributed by atoms with Crippen molar-refractivity contribution in [1.29, 1.82) is 0 Å². The SMILES string of the molecule is C#Cc1ccc2ccnc(Cl)c2c1. The Labute approximate surface area is 81.4 Å². The number of hydrogen-bond acceptors (Lipinski definition) is 1. The van der Waals surface area contributed by atoms with Crippen LogP contribution in [0.25, 0.3) is 10.8 Å². The monoisotopic (exact) mass is 187 g/mol. The smallest absolute Gasteiger partial charge is 0.136 e. The summed E-state index contributed by atoms with van der Waals surface area (Å²) >= 11 is 5.91. The zero-order chi connectivity index (χ0) is 9.26. The first-order chi connectivity index (χ1) is 6.31. The highest BCUT2D eigenvalue weighted by Crippen LogP contribution is 2.21. The summed E-state index contributed by atoms with van der Waals surface area (Å²) in [5.41, 5.74) is 0.822. The first kappa shape index (κ1) is 8.10. The highest BCUT2D eigenvalue weighted by molar-refractivity contribution is 6.34. The lowest BCUT2D eigenvalue weighted by Crippen LogP contribution is -1.80. The standard InChI is InChI=1S/C11H6ClN/c1-2-8-3-4-9-5-6-13-11(12)10(9)7-8/h1,3-7H.